The lowest BCUT2D eigenvalue weighted by Gasteiger charge is -2.15. The van der Waals surface area contributed by atoms with E-state index in [1.807, 2.05) is 43.3 Å². The standard InChI is InChI=1S/C28H28F3N3O3/c1-18-9-8-12-23(26(34-36-4)27(35)32-3)24(18)17-37-33-19(2)22-14-13-21(16-25(22)28(29,30)31)15-20-10-6-5-7-11-20/h5-14,16H,15,17H2,1-4H3,(H,32,35)/b33-19+,34-26+. The number of carbonyl (C=O) groups excluding carboxylic acids is 1. The molecule has 3 rings (SSSR count). The van der Waals surface area contributed by atoms with Gasteiger partial charge in [0.1, 0.15) is 13.7 Å². The van der Waals surface area contributed by atoms with Crippen molar-refractivity contribution in [1.82, 2.24) is 5.32 Å². The van der Waals surface area contributed by atoms with Crippen LogP contribution >= 0.6 is 0 Å². The fourth-order valence-electron chi connectivity index (χ4n) is 3.86. The van der Waals surface area contributed by atoms with Gasteiger partial charge < -0.3 is 15.0 Å². The predicted molar refractivity (Wildman–Crippen MR) is 136 cm³/mol. The molecule has 0 heterocycles. The molecule has 1 amide bonds. The summed E-state index contributed by atoms with van der Waals surface area (Å²) < 4.78 is 41.8. The molecule has 0 fully saturated rings. The second-order valence-corrected chi connectivity index (χ2v) is 8.29. The Morgan fingerprint density at radius 2 is 1.68 bits per heavy atom. The highest BCUT2D eigenvalue weighted by molar-refractivity contribution is 6.45. The first-order valence-corrected chi connectivity index (χ1v) is 11.5. The summed E-state index contributed by atoms with van der Waals surface area (Å²) in [6.45, 7) is 3.19. The Kier molecular flexibility index (Phi) is 9.05. The van der Waals surface area contributed by atoms with Gasteiger partial charge in [0.15, 0.2) is 5.71 Å². The maximum atomic E-state index is 13.9. The maximum absolute atomic E-state index is 13.9. The van der Waals surface area contributed by atoms with Gasteiger partial charge in [0, 0.05) is 23.7 Å². The van der Waals surface area contributed by atoms with E-state index in [9.17, 15) is 18.0 Å². The number of oxime groups is 2. The largest absolute Gasteiger partial charge is 0.417 e. The van der Waals surface area contributed by atoms with E-state index < -0.39 is 17.6 Å². The molecule has 0 aliphatic carbocycles. The molecular formula is C28H28F3N3O3. The Balaban J connectivity index is 1.88. The summed E-state index contributed by atoms with van der Waals surface area (Å²) >= 11 is 0. The number of rotatable bonds is 9. The van der Waals surface area contributed by atoms with Crippen LogP contribution in [0.2, 0.25) is 0 Å². The molecule has 0 aliphatic heterocycles. The van der Waals surface area contributed by atoms with Gasteiger partial charge in [0.25, 0.3) is 5.91 Å². The average molecular weight is 512 g/mol. The number of amides is 1. The van der Waals surface area contributed by atoms with Gasteiger partial charge >= 0.3 is 6.18 Å². The first-order chi connectivity index (χ1) is 17.7. The molecule has 0 unspecified atom stereocenters. The fourth-order valence-corrected chi connectivity index (χ4v) is 3.86. The van der Waals surface area contributed by atoms with Crippen molar-refractivity contribution in [2.24, 2.45) is 10.3 Å². The summed E-state index contributed by atoms with van der Waals surface area (Å²) in [5.41, 5.74) is 2.59. The van der Waals surface area contributed by atoms with E-state index in [1.54, 1.807) is 18.2 Å². The lowest BCUT2D eigenvalue weighted by atomic mass is 9.97. The first kappa shape index (κ1) is 27.4. The zero-order valence-corrected chi connectivity index (χ0v) is 21.0. The zero-order valence-electron chi connectivity index (χ0n) is 21.0. The molecular weight excluding hydrogens is 483 g/mol. The quantitative estimate of drug-likeness (QED) is 0.299. The molecule has 9 heteroatoms. The molecule has 0 atom stereocenters. The monoisotopic (exact) mass is 511 g/mol. The highest BCUT2D eigenvalue weighted by Gasteiger charge is 2.34. The minimum Gasteiger partial charge on any atom is -0.398 e. The van der Waals surface area contributed by atoms with Crippen molar-refractivity contribution in [2.75, 3.05) is 14.2 Å². The van der Waals surface area contributed by atoms with E-state index in [4.69, 9.17) is 9.68 Å². The Morgan fingerprint density at radius 3 is 2.32 bits per heavy atom. The van der Waals surface area contributed by atoms with Gasteiger partial charge in [0.2, 0.25) is 0 Å². The normalized spacial score (nSPS) is 12.3. The van der Waals surface area contributed by atoms with Crippen molar-refractivity contribution < 1.29 is 27.6 Å². The van der Waals surface area contributed by atoms with Crippen LogP contribution in [0.15, 0.2) is 77.0 Å². The van der Waals surface area contributed by atoms with Crippen LogP contribution in [-0.2, 0) is 33.7 Å². The summed E-state index contributed by atoms with van der Waals surface area (Å²) in [7, 11) is 2.79. The molecule has 0 spiro atoms. The fraction of sp³-hybridized carbons (Fsp3) is 0.250. The van der Waals surface area contributed by atoms with E-state index >= 15 is 0 Å². The highest BCUT2D eigenvalue weighted by atomic mass is 19.4. The number of likely N-dealkylation sites (N-methyl/N-ethyl adjacent to an activating group) is 1. The Labute approximate surface area is 213 Å². The summed E-state index contributed by atoms with van der Waals surface area (Å²) in [6.07, 6.45) is -4.19. The molecule has 1 N–H and O–H groups in total. The van der Waals surface area contributed by atoms with E-state index in [2.05, 4.69) is 15.6 Å². The molecule has 0 bridgehead atoms. The minimum absolute atomic E-state index is 0.0429. The number of carbonyl (C=O) groups is 1. The average Bonchev–Trinajstić information content (AvgIpc) is 2.88. The van der Waals surface area contributed by atoms with Gasteiger partial charge in [-0.3, -0.25) is 4.79 Å². The van der Waals surface area contributed by atoms with Gasteiger partial charge in [-0.15, -0.1) is 0 Å². The summed E-state index contributed by atoms with van der Waals surface area (Å²) in [5.74, 6) is -0.459. The highest BCUT2D eigenvalue weighted by Crippen LogP contribution is 2.33. The van der Waals surface area contributed by atoms with Crippen LogP contribution in [0.3, 0.4) is 0 Å². The van der Waals surface area contributed by atoms with Crippen molar-refractivity contribution in [3.05, 3.63) is 106 Å². The van der Waals surface area contributed by atoms with Crippen molar-refractivity contribution in [1.29, 1.82) is 0 Å². The number of hydrogen-bond acceptors (Lipinski definition) is 5. The van der Waals surface area contributed by atoms with Crippen LogP contribution in [0.4, 0.5) is 13.2 Å². The molecule has 0 saturated carbocycles. The van der Waals surface area contributed by atoms with Gasteiger partial charge in [0.05, 0.1) is 11.3 Å². The van der Waals surface area contributed by atoms with Gasteiger partial charge in [-0.25, -0.2) is 0 Å². The van der Waals surface area contributed by atoms with Crippen LogP contribution < -0.4 is 5.32 Å². The zero-order chi connectivity index (χ0) is 27.0. The van der Waals surface area contributed by atoms with Crippen LogP contribution in [0.1, 0.15) is 45.9 Å². The van der Waals surface area contributed by atoms with Crippen molar-refractivity contribution in [3.8, 4) is 0 Å². The molecule has 3 aromatic carbocycles. The third-order valence-corrected chi connectivity index (χ3v) is 5.73. The Bertz CT molecular complexity index is 1300. The SMILES string of the molecule is CNC(=O)/C(=N/OC)c1cccc(C)c1CO/N=C(\C)c1ccc(Cc2ccccc2)cc1C(F)(F)F. The van der Waals surface area contributed by atoms with Crippen molar-refractivity contribution >= 4 is 17.3 Å². The molecule has 0 aliphatic rings. The number of hydrogen-bond donors (Lipinski definition) is 1. The molecule has 194 valence electrons. The number of nitrogens with zero attached hydrogens (tertiary/aromatic N) is 2. The maximum Gasteiger partial charge on any atom is 0.417 e. The van der Waals surface area contributed by atoms with Gasteiger partial charge in [-0.2, -0.15) is 13.2 Å². The van der Waals surface area contributed by atoms with E-state index in [0.29, 0.717) is 23.1 Å². The first-order valence-electron chi connectivity index (χ1n) is 11.5. The van der Waals surface area contributed by atoms with E-state index in [0.717, 1.165) is 17.2 Å². The lowest BCUT2D eigenvalue weighted by Crippen LogP contribution is -2.29. The smallest absolute Gasteiger partial charge is 0.398 e. The third kappa shape index (κ3) is 6.97. The predicted octanol–water partition coefficient (Wildman–Crippen LogP) is 5.64. The number of nitrogens with one attached hydrogen (secondary N) is 1. The third-order valence-electron chi connectivity index (χ3n) is 5.73. The second kappa shape index (κ2) is 12.2. The number of aryl methyl sites for hydroxylation is 1. The number of alkyl halides is 3. The number of benzene rings is 3. The van der Waals surface area contributed by atoms with Crippen molar-refractivity contribution in [3.63, 3.8) is 0 Å². The van der Waals surface area contributed by atoms with Gasteiger partial charge in [-0.1, -0.05) is 71.0 Å². The summed E-state index contributed by atoms with van der Waals surface area (Å²) in [4.78, 5) is 22.6. The second-order valence-electron chi connectivity index (χ2n) is 8.29. The molecule has 37 heavy (non-hydrogen) atoms. The Morgan fingerprint density at radius 1 is 0.946 bits per heavy atom. The molecule has 0 aromatic heterocycles. The summed E-state index contributed by atoms with van der Waals surface area (Å²) in [5, 5.41) is 10.3. The molecule has 3 aromatic rings. The topological polar surface area (TPSA) is 72.3 Å². The summed E-state index contributed by atoms with van der Waals surface area (Å²) in [6, 6.07) is 18.8. The van der Waals surface area contributed by atoms with E-state index in [1.165, 1.54) is 27.1 Å². The van der Waals surface area contributed by atoms with E-state index in [-0.39, 0.29) is 23.6 Å². The minimum atomic E-state index is -4.57. The van der Waals surface area contributed by atoms with Gasteiger partial charge in [-0.05, 0) is 43.0 Å². The van der Waals surface area contributed by atoms with Crippen molar-refractivity contribution in [2.45, 2.75) is 33.1 Å². The number of halogens is 3. The molecule has 0 radical (unpaired) electrons. The van der Waals surface area contributed by atoms with Crippen LogP contribution in [0, 0.1) is 6.92 Å². The molecule has 6 nitrogen and oxygen atoms in total. The van der Waals surface area contributed by atoms with Crippen LogP contribution in [-0.4, -0.2) is 31.5 Å². The Hall–Kier alpha value is -4.14. The van der Waals surface area contributed by atoms with Crippen LogP contribution in [0.5, 0.6) is 0 Å². The lowest BCUT2D eigenvalue weighted by molar-refractivity contribution is -0.137. The molecule has 0 saturated heterocycles. The van der Waals surface area contributed by atoms with Crippen LogP contribution in [0.25, 0.3) is 0 Å².